The highest BCUT2D eigenvalue weighted by atomic mass is 16.2. The van der Waals surface area contributed by atoms with Crippen molar-refractivity contribution in [3.05, 3.63) is 35.4 Å². The second kappa shape index (κ2) is 8.91. The summed E-state index contributed by atoms with van der Waals surface area (Å²) < 4.78 is 0. The first kappa shape index (κ1) is 18.5. The van der Waals surface area contributed by atoms with E-state index in [1.807, 2.05) is 0 Å². The molecule has 2 N–H and O–H groups in total. The lowest BCUT2D eigenvalue weighted by Crippen LogP contribution is -2.44. The van der Waals surface area contributed by atoms with Gasteiger partial charge in [-0.25, -0.2) is 0 Å². The van der Waals surface area contributed by atoms with Gasteiger partial charge in [-0.1, -0.05) is 12.1 Å². The minimum absolute atomic E-state index is 0.0924. The maximum Gasteiger partial charge on any atom is 0.251 e. The van der Waals surface area contributed by atoms with Crippen LogP contribution < -0.4 is 10.6 Å². The quantitative estimate of drug-likeness (QED) is 0.543. The van der Waals surface area contributed by atoms with Crippen LogP contribution in [0.2, 0.25) is 0 Å². The molecule has 0 spiro atoms. The predicted octanol–water partition coefficient (Wildman–Crippen LogP) is 0.361. The van der Waals surface area contributed by atoms with Crippen LogP contribution in [0.15, 0.2) is 24.3 Å². The molecule has 0 bridgehead atoms. The van der Waals surface area contributed by atoms with Crippen molar-refractivity contribution in [1.29, 1.82) is 0 Å². The summed E-state index contributed by atoms with van der Waals surface area (Å²) in [6.45, 7) is 6.14. The maximum atomic E-state index is 12.2. The fourth-order valence-electron chi connectivity index (χ4n) is 3.28. The highest BCUT2D eigenvalue weighted by molar-refractivity contribution is 6.01. The van der Waals surface area contributed by atoms with Crippen molar-refractivity contribution in [3.8, 4) is 0 Å². The van der Waals surface area contributed by atoms with E-state index in [-0.39, 0.29) is 24.3 Å². The fourth-order valence-corrected chi connectivity index (χ4v) is 3.28. The van der Waals surface area contributed by atoms with Crippen molar-refractivity contribution in [2.45, 2.75) is 25.8 Å². The van der Waals surface area contributed by atoms with E-state index in [9.17, 15) is 14.4 Å². The SMILES string of the molecule is O=C(NCCCN1CCNCC1)c1ccc(CN2C(=O)CCC2=O)cc1. The highest BCUT2D eigenvalue weighted by Crippen LogP contribution is 2.16. The topological polar surface area (TPSA) is 81.8 Å². The molecule has 0 aromatic heterocycles. The monoisotopic (exact) mass is 358 g/mol. The normalized spacial score (nSPS) is 18.4. The lowest BCUT2D eigenvalue weighted by atomic mass is 10.1. The summed E-state index contributed by atoms with van der Waals surface area (Å²) in [6.07, 6.45) is 1.53. The van der Waals surface area contributed by atoms with Gasteiger partial charge in [0.2, 0.25) is 11.8 Å². The summed E-state index contributed by atoms with van der Waals surface area (Å²) in [4.78, 5) is 39.2. The molecule has 0 unspecified atom stereocenters. The van der Waals surface area contributed by atoms with E-state index in [2.05, 4.69) is 15.5 Å². The van der Waals surface area contributed by atoms with E-state index in [4.69, 9.17) is 0 Å². The van der Waals surface area contributed by atoms with Crippen LogP contribution in [0.4, 0.5) is 0 Å². The number of imide groups is 1. The van der Waals surface area contributed by atoms with E-state index in [0.29, 0.717) is 24.9 Å². The van der Waals surface area contributed by atoms with Gasteiger partial charge in [0.05, 0.1) is 6.54 Å². The molecule has 2 saturated heterocycles. The van der Waals surface area contributed by atoms with Crippen molar-refractivity contribution in [2.75, 3.05) is 39.3 Å². The Morgan fingerprint density at radius 2 is 1.69 bits per heavy atom. The number of carbonyl (C=O) groups is 3. The lowest BCUT2D eigenvalue weighted by Gasteiger charge is -2.27. The van der Waals surface area contributed by atoms with Crippen LogP contribution in [0.1, 0.15) is 35.2 Å². The zero-order chi connectivity index (χ0) is 18.4. The van der Waals surface area contributed by atoms with Crippen molar-refractivity contribution >= 4 is 17.7 Å². The lowest BCUT2D eigenvalue weighted by molar-refractivity contribution is -0.139. The van der Waals surface area contributed by atoms with E-state index in [1.165, 1.54) is 4.90 Å². The zero-order valence-corrected chi connectivity index (χ0v) is 15.0. The average Bonchev–Trinajstić information content (AvgIpc) is 2.98. The summed E-state index contributed by atoms with van der Waals surface area (Å²) in [6, 6.07) is 7.08. The van der Waals surface area contributed by atoms with Crippen LogP contribution in [0, 0.1) is 0 Å². The number of likely N-dealkylation sites (tertiary alicyclic amines) is 1. The summed E-state index contributed by atoms with van der Waals surface area (Å²) in [5.41, 5.74) is 1.44. The van der Waals surface area contributed by atoms with Crippen LogP contribution in [0.25, 0.3) is 0 Å². The first-order chi connectivity index (χ1) is 12.6. The Morgan fingerprint density at radius 1 is 1.04 bits per heavy atom. The number of carbonyl (C=O) groups excluding carboxylic acids is 3. The maximum absolute atomic E-state index is 12.2. The molecule has 0 aliphatic carbocycles. The van der Waals surface area contributed by atoms with Gasteiger partial charge in [0.1, 0.15) is 0 Å². The van der Waals surface area contributed by atoms with Gasteiger partial charge in [-0.05, 0) is 30.7 Å². The van der Waals surface area contributed by atoms with Crippen LogP contribution in [0.5, 0.6) is 0 Å². The number of hydrogen-bond donors (Lipinski definition) is 2. The van der Waals surface area contributed by atoms with Crippen molar-refractivity contribution in [2.24, 2.45) is 0 Å². The van der Waals surface area contributed by atoms with Crippen LogP contribution >= 0.6 is 0 Å². The molecule has 2 aliphatic heterocycles. The Hall–Kier alpha value is -2.25. The van der Waals surface area contributed by atoms with Gasteiger partial charge in [0, 0.05) is 51.1 Å². The Balaban J connectivity index is 1.41. The molecular weight excluding hydrogens is 332 g/mol. The molecule has 0 radical (unpaired) electrons. The summed E-state index contributed by atoms with van der Waals surface area (Å²) >= 11 is 0. The van der Waals surface area contributed by atoms with E-state index >= 15 is 0 Å². The largest absolute Gasteiger partial charge is 0.352 e. The van der Waals surface area contributed by atoms with E-state index in [1.54, 1.807) is 24.3 Å². The smallest absolute Gasteiger partial charge is 0.251 e. The minimum Gasteiger partial charge on any atom is -0.352 e. The Kier molecular flexibility index (Phi) is 6.35. The number of nitrogens with one attached hydrogen (secondary N) is 2. The van der Waals surface area contributed by atoms with Gasteiger partial charge >= 0.3 is 0 Å². The molecule has 1 aromatic carbocycles. The number of amides is 3. The fraction of sp³-hybridized carbons (Fsp3) is 0.526. The highest BCUT2D eigenvalue weighted by Gasteiger charge is 2.28. The zero-order valence-electron chi connectivity index (χ0n) is 15.0. The van der Waals surface area contributed by atoms with E-state index in [0.717, 1.165) is 44.7 Å². The second-order valence-corrected chi connectivity index (χ2v) is 6.77. The predicted molar refractivity (Wildman–Crippen MR) is 97.5 cm³/mol. The molecule has 26 heavy (non-hydrogen) atoms. The molecule has 2 aliphatic rings. The molecular formula is C19H26N4O3. The van der Waals surface area contributed by atoms with Crippen molar-refractivity contribution < 1.29 is 14.4 Å². The summed E-state index contributed by atoms with van der Waals surface area (Å²) in [5, 5.41) is 6.27. The summed E-state index contributed by atoms with van der Waals surface area (Å²) in [5.74, 6) is -0.340. The first-order valence-corrected chi connectivity index (χ1v) is 9.27. The Labute approximate surface area is 153 Å². The Morgan fingerprint density at radius 3 is 2.35 bits per heavy atom. The standard InChI is InChI=1S/C19H26N4O3/c24-17-6-7-18(25)23(17)14-15-2-4-16(5-3-15)19(26)21-8-1-11-22-12-9-20-10-13-22/h2-5,20H,1,6-14H2,(H,21,26). The van der Waals surface area contributed by atoms with Gasteiger partial charge < -0.3 is 15.5 Å². The second-order valence-electron chi connectivity index (χ2n) is 6.77. The number of benzene rings is 1. The van der Waals surface area contributed by atoms with Gasteiger partial charge in [-0.3, -0.25) is 19.3 Å². The van der Waals surface area contributed by atoms with Crippen LogP contribution in [-0.4, -0.2) is 66.8 Å². The number of hydrogen-bond acceptors (Lipinski definition) is 5. The number of rotatable bonds is 7. The van der Waals surface area contributed by atoms with Gasteiger partial charge in [0.15, 0.2) is 0 Å². The molecule has 2 heterocycles. The summed E-state index contributed by atoms with van der Waals surface area (Å²) in [7, 11) is 0. The number of piperazine rings is 1. The average molecular weight is 358 g/mol. The van der Waals surface area contributed by atoms with Gasteiger partial charge in [-0.2, -0.15) is 0 Å². The van der Waals surface area contributed by atoms with Crippen molar-refractivity contribution in [3.63, 3.8) is 0 Å². The molecule has 0 atom stereocenters. The third-order valence-corrected chi connectivity index (χ3v) is 4.86. The molecule has 3 rings (SSSR count). The Bertz CT molecular complexity index is 637. The molecule has 0 saturated carbocycles. The molecule has 7 nitrogen and oxygen atoms in total. The first-order valence-electron chi connectivity index (χ1n) is 9.27. The minimum atomic E-state index is -0.124. The molecule has 140 valence electrons. The third kappa shape index (κ3) is 4.89. The molecule has 2 fully saturated rings. The molecule has 7 heteroatoms. The number of nitrogens with zero attached hydrogens (tertiary/aromatic N) is 2. The third-order valence-electron chi connectivity index (χ3n) is 4.86. The van der Waals surface area contributed by atoms with Crippen LogP contribution in [0.3, 0.4) is 0 Å². The van der Waals surface area contributed by atoms with E-state index < -0.39 is 0 Å². The van der Waals surface area contributed by atoms with Gasteiger partial charge in [-0.15, -0.1) is 0 Å². The van der Waals surface area contributed by atoms with Crippen LogP contribution in [-0.2, 0) is 16.1 Å². The molecule has 3 amide bonds. The van der Waals surface area contributed by atoms with Crippen molar-refractivity contribution in [1.82, 2.24) is 20.4 Å². The molecule has 1 aromatic rings. The van der Waals surface area contributed by atoms with Gasteiger partial charge in [0.25, 0.3) is 5.91 Å².